The largest absolute Gasteiger partial charge is 0.507 e. The molecule has 0 unspecified atom stereocenters. The first-order valence-electron chi connectivity index (χ1n) is 5.69. The number of phenolic OH excluding ortho intramolecular Hbond substituents is 1. The number of hydrogen-bond acceptors (Lipinski definition) is 4. The summed E-state index contributed by atoms with van der Waals surface area (Å²) in [6.07, 6.45) is 0. The van der Waals surface area contributed by atoms with Gasteiger partial charge in [0.05, 0.1) is 7.11 Å². The Hall–Kier alpha value is -2.20. The predicted molar refractivity (Wildman–Crippen MR) is 71.6 cm³/mol. The van der Waals surface area contributed by atoms with Gasteiger partial charge in [0.25, 0.3) is 0 Å². The van der Waals surface area contributed by atoms with Gasteiger partial charge < -0.3 is 15.3 Å². The van der Waals surface area contributed by atoms with Gasteiger partial charge in [-0.15, -0.1) is 0 Å². The molecule has 4 nitrogen and oxygen atoms in total. The van der Waals surface area contributed by atoms with E-state index in [1.807, 2.05) is 42.5 Å². The zero-order valence-electron chi connectivity index (χ0n) is 10.2. The van der Waals surface area contributed by atoms with Crippen LogP contribution in [0.1, 0.15) is 5.56 Å². The lowest BCUT2D eigenvalue weighted by atomic mass is 10.2. The van der Waals surface area contributed by atoms with Gasteiger partial charge in [-0.25, -0.2) is 5.43 Å². The number of ether oxygens (including phenoxy) is 1. The lowest BCUT2D eigenvalue weighted by Crippen LogP contribution is -2.20. The van der Waals surface area contributed by atoms with Crippen LogP contribution in [0.15, 0.2) is 48.5 Å². The summed E-state index contributed by atoms with van der Waals surface area (Å²) in [7, 11) is 1.57. The van der Waals surface area contributed by atoms with Gasteiger partial charge in [0.2, 0.25) is 0 Å². The van der Waals surface area contributed by atoms with Gasteiger partial charge >= 0.3 is 0 Å². The van der Waals surface area contributed by atoms with Crippen molar-refractivity contribution in [2.75, 3.05) is 12.5 Å². The molecule has 0 aliphatic heterocycles. The topological polar surface area (TPSA) is 53.5 Å². The smallest absolute Gasteiger partial charge is 0.123 e. The van der Waals surface area contributed by atoms with Crippen molar-refractivity contribution in [3.8, 4) is 11.5 Å². The minimum absolute atomic E-state index is 0.219. The van der Waals surface area contributed by atoms with Crippen molar-refractivity contribution in [3.63, 3.8) is 0 Å². The number of phenols is 1. The van der Waals surface area contributed by atoms with Crippen molar-refractivity contribution in [3.05, 3.63) is 54.1 Å². The van der Waals surface area contributed by atoms with Gasteiger partial charge in [-0.2, -0.15) is 0 Å². The van der Waals surface area contributed by atoms with Crippen molar-refractivity contribution in [2.24, 2.45) is 0 Å². The van der Waals surface area contributed by atoms with Crippen LogP contribution in [0, 0.1) is 0 Å². The molecule has 0 fully saturated rings. The summed E-state index contributed by atoms with van der Waals surface area (Å²) in [4.78, 5) is 0. The molecule has 0 spiro atoms. The second-order valence-corrected chi connectivity index (χ2v) is 3.84. The summed E-state index contributed by atoms with van der Waals surface area (Å²) in [5.41, 5.74) is 7.88. The molecule has 4 heteroatoms. The van der Waals surface area contributed by atoms with Crippen LogP contribution in [0.4, 0.5) is 5.69 Å². The minimum atomic E-state index is 0.219. The molecule has 0 amide bonds. The summed E-state index contributed by atoms with van der Waals surface area (Å²) in [6.45, 7) is 0.519. The second kappa shape index (κ2) is 5.93. The van der Waals surface area contributed by atoms with E-state index in [1.165, 1.54) is 0 Å². The number of benzene rings is 2. The highest BCUT2D eigenvalue weighted by Gasteiger charge is 2.02. The zero-order chi connectivity index (χ0) is 12.8. The Kier molecular flexibility index (Phi) is 4.04. The number of methoxy groups -OCH3 is 1. The fourth-order valence-electron chi connectivity index (χ4n) is 1.58. The van der Waals surface area contributed by atoms with Gasteiger partial charge in [-0.05, 0) is 18.2 Å². The summed E-state index contributed by atoms with van der Waals surface area (Å²) in [5, 5.41) is 9.77. The van der Waals surface area contributed by atoms with E-state index in [-0.39, 0.29) is 5.75 Å². The SMILES string of the molecule is COc1ccc(CNNc2ccccc2)c(O)c1. The molecule has 18 heavy (non-hydrogen) atoms. The molecule has 3 N–H and O–H groups in total. The molecule has 0 bridgehead atoms. The van der Waals surface area contributed by atoms with Crippen LogP contribution in [-0.2, 0) is 6.54 Å². The maximum Gasteiger partial charge on any atom is 0.123 e. The van der Waals surface area contributed by atoms with Gasteiger partial charge in [-0.3, -0.25) is 0 Å². The molecule has 0 aliphatic carbocycles. The maximum atomic E-state index is 9.77. The standard InChI is InChI=1S/C14H16N2O2/c1-18-13-8-7-11(14(17)9-13)10-15-16-12-5-3-2-4-6-12/h2-9,15-17H,10H2,1H3. The van der Waals surface area contributed by atoms with Crippen LogP contribution >= 0.6 is 0 Å². The first-order chi connectivity index (χ1) is 8.79. The van der Waals surface area contributed by atoms with Gasteiger partial charge in [0.15, 0.2) is 0 Å². The monoisotopic (exact) mass is 244 g/mol. The minimum Gasteiger partial charge on any atom is -0.507 e. The van der Waals surface area contributed by atoms with E-state index >= 15 is 0 Å². The number of anilines is 1. The molecule has 2 rings (SSSR count). The lowest BCUT2D eigenvalue weighted by Gasteiger charge is -2.10. The third-order valence-corrected chi connectivity index (χ3v) is 2.58. The summed E-state index contributed by atoms with van der Waals surface area (Å²) >= 11 is 0. The molecule has 0 radical (unpaired) electrons. The average molecular weight is 244 g/mol. The third kappa shape index (κ3) is 3.15. The predicted octanol–water partition coefficient (Wildman–Crippen LogP) is 2.52. The Bertz CT molecular complexity index is 500. The highest BCUT2D eigenvalue weighted by atomic mass is 16.5. The Morgan fingerprint density at radius 2 is 1.89 bits per heavy atom. The van der Waals surface area contributed by atoms with E-state index in [1.54, 1.807) is 13.2 Å². The van der Waals surface area contributed by atoms with E-state index in [2.05, 4.69) is 10.9 Å². The summed E-state index contributed by atoms with van der Waals surface area (Å²) in [5.74, 6) is 0.865. The van der Waals surface area contributed by atoms with Crippen molar-refractivity contribution in [1.82, 2.24) is 5.43 Å². The Morgan fingerprint density at radius 3 is 2.56 bits per heavy atom. The molecule has 2 aromatic carbocycles. The van der Waals surface area contributed by atoms with Crippen molar-refractivity contribution in [2.45, 2.75) is 6.54 Å². The number of aromatic hydroxyl groups is 1. The van der Waals surface area contributed by atoms with E-state index in [4.69, 9.17) is 4.74 Å². The second-order valence-electron chi connectivity index (χ2n) is 3.84. The molecular weight excluding hydrogens is 228 g/mol. The van der Waals surface area contributed by atoms with Crippen LogP contribution < -0.4 is 15.6 Å². The molecule has 0 aliphatic rings. The summed E-state index contributed by atoms with van der Waals surface area (Å²) in [6, 6.07) is 15.0. The first kappa shape index (κ1) is 12.3. The van der Waals surface area contributed by atoms with Crippen LogP contribution in [0.2, 0.25) is 0 Å². The third-order valence-electron chi connectivity index (χ3n) is 2.58. The average Bonchev–Trinajstić information content (AvgIpc) is 2.42. The van der Waals surface area contributed by atoms with Gasteiger partial charge in [0, 0.05) is 23.9 Å². The zero-order valence-corrected chi connectivity index (χ0v) is 10.2. The van der Waals surface area contributed by atoms with Gasteiger partial charge in [-0.1, -0.05) is 24.3 Å². The van der Waals surface area contributed by atoms with Crippen LogP contribution in [-0.4, -0.2) is 12.2 Å². The van der Waals surface area contributed by atoms with E-state index in [0.717, 1.165) is 11.3 Å². The maximum absolute atomic E-state index is 9.77. The number of hydrogen-bond donors (Lipinski definition) is 3. The lowest BCUT2D eigenvalue weighted by molar-refractivity contribution is 0.406. The number of para-hydroxylation sites is 1. The fourth-order valence-corrected chi connectivity index (χ4v) is 1.58. The Morgan fingerprint density at radius 1 is 1.11 bits per heavy atom. The number of rotatable bonds is 5. The van der Waals surface area contributed by atoms with E-state index in [0.29, 0.717) is 12.3 Å². The van der Waals surface area contributed by atoms with Crippen LogP contribution in [0.25, 0.3) is 0 Å². The molecule has 2 aromatic rings. The molecule has 0 heterocycles. The highest BCUT2D eigenvalue weighted by molar-refractivity contribution is 5.42. The first-order valence-corrected chi connectivity index (χ1v) is 5.69. The van der Waals surface area contributed by atoms with Crippen molar-refractivity contribution >= 4 is 5.69 Å². The van der Waals surface area contributed by atoms with Gasteiger partial charge in [0.1, 0.15) is 11.5 Å². The van der Waals surface area contributed by atoms with Crippen LogP contribution in [0.5, 0.6) is 11.5 Å². The van der Waals surface area contributed by atoms with E-state index in [9.17, 15) is 5.11 Å². The quantitative estimate of drug-likeness (QED) is 0.707. The van der Waals surface area contributed by atoms with E-state index < -0.39 is 0 Å². The summed E-state index contributed by atoms with van der Waals surface area (Å²) < 4.78 is 5.03. The van der Waals surface area contributed by atoms with Crippen molar-refractivity contribution < 1.29 is 9.84 Å². The highest BCUT2D eigenvalue weighted by Crippen LogP contribution is 2.23. The molecule has 0 aromatic heterocycles. The molecule has 0 atom stereocenters. The normalized spacial score (nSPS) is 10.1. The Balaban J connectivity index is 1.91. The number of nitrogens with one attached hydrogen (secondary N) is 2. The number of hydrazine groups is 1. The molecule has 0 saturated heterocycles. The van der Waals surface area contributed by atoms with Crippen molar-refractivity contribution in [1.29, 1.82) is 0 Å². The molecular formula is C14H16N2O2. The molecule has 0 saturated carbocycles. The molecule has 94 valence electrons. The van der Waals surface area contributed by atoms with Crippen LogP contribution in [0.3, 0.4) is 0 Å². The Labute approximate surface area is 106 Å². The fraction of sp³-hybridized carbons (Fsp3) is 0.143.